The first-order chi connectivity index (χ1) is 8.63. The number of nitrogens with zero attached hydrogens (tertiary/aromatic N) is 1. The third-order valence-corrected chi connectivity index (χ3v) is 3.54. The highest BCUT2D eigenvalue weighted by Crippen LogP contribution is 2.35. The van der Waals surface area contributed by atoms with Crippen molar-refractivity contribution in [1.29, 1.82) is 0 Å². The Kier molecular flexibility index (Phi) is 3.87. The average molecular weight is 249 g/mol. The number of anilines is 1. The lowest BCUT2D eigenvalue weighted by molar-refractivity contribution is -0.139. The molecule has 1 heterocycles. The SMILES string of the molecule is CCC(O)CN1CCC(C(=O)O)c2ccccc21. The molecule has 0 radical (unpaired) electrons. The molecule has 0 fully saturated rings. The summed E-state index contributed by atoms with van der Waals surface area (Å²) in [5.74, 6) is -1.19. The second-order valence-corrected chi connectivity index (χ2v) is 4.75. The van der Waals surface area contributed by atoms with Crippen molar-refractivity contribution in [2.45, 2.75) is 31.8 Å². The van der Waals surface area contributed by atoms with Crippen LogP contribution < -0.4 is 4.90 Å². The molecule has 0 aromatic heterocycles. The molecule has 0 spiro atoms. The Labute approximate surface area is 107 Å². The number of rotatable bonds is 4. The minimum absolute atomic E-state index is 0.362. The zero-order valence-corrected chi connectivity index (χ0v) is 10.5. The van der Waals surface area contributed by atoms with Crippen LogP contribution in [0.15, 0.2) is 24.3 Å². The van der Waals surface area contributed by atoms with E-state index in [1.54, 1.807) is 0 Å². The highest BCUT2D eigenvalue weighted by atomic mass is 16.4. The molecule has 18 heavy (non-hydrogen) atoms. The number of hydrogen-bond acceptors (Lipinski definition) is 3. The van der Waals surface area contributed by atoms with Crippen LogP contribution in [0.4, 0.5) is 5.69 Å². The number of aliphatic carboxylic acids is 1. The molecule has 4 nitrogen and oxygen atoms in total. The Morgan fingerprint density at radius 1 is 1.50 bits per heavy atom. The summed E-state index contributed by atoms with van der Waals surface area (Å²) in [4.78, 5) is 13.3. The quantitative estimate of drug-likeness (QED) is 0.854. The molecule has 1 aromatic carbocycles. The van der Waals surface area contributed by atoms with Crippen molar-refractivity contribution in [3.05, 3.63) is 29.8 Å². The van der Waals surface area contributed by atoms with Gasteiger partial charge in [-0.3, -0.25) is 4.79 Å². The van der Waals surface area contributed by atoms with Gasteiger partial charge in [-0.1, -0.05) is 25.1 Å². The number of carbonyl (C=O) groups is 1. The van der Waals surface area contributed by atoms with E-state index in [9.17, 15) is 15.0 Å². The van der Waals surface area contributed by atoms with Crippen molar-refractivity contribution in [2.24, 2.45) is 0 Å². The molecule has 2 N–H and O–H groups in total. The average Bonchev–Trinajstić information content (AvgIpc) is 2.38. The Morgan fingerprint density at radius 3 is 2.89 bits per heavy atom. The number of β-amino-alcohol motifs (C(OH)–C–C–N with tert-alkyl or cyclic N) is 1. The molecule has 2 unspecified atom stereocenters. The first-order valence-electron chi connectivity index (χ1n) is 6.38. The van der Waals surface area contributed by atoms with E-state index in [2.05, 4.69) is 4.90 Å². The molecule has 1 aliphatic heterocycles. The summed E-state index contributed by atoms with van der Waals surface area (Å²) < 4.78 is 0. The normalized spacial score (nSPS) is 20.3. The van der Waals surface area contributed by atoms with Gasteiger partial charge in [-0.15, -0.1) is 0 Å². The number of aliphatic hydroxyl groups excluding tert-OH is 1. The zero-order valence-electron chi connectivity index (χ0n) is 10.5. The second-order valence-electron chi connectivity index (χ2n) is 4.75. The van der Waals surface area contributed by atoms with Crippen LogP contribution in [0.25, 0.3) is 0 Å². The standard InChI is InChI=1S/C14H19NO3/c1-2-10(16)9-15-8-7-12(14(17)18)11-5-3-4-6-13(11)15/h3-6,10,12,16H,2,7-9H2,1H3,(H,17,18). The monoisotopic (exact) mass is 249 g/mol. The van der Waals surface area contributed by atoms with Crippen molar-refractivity contribution >= 4 is 11.7 Å². The van der Waals surface area contributed by atoms with E-state index in [0.29, 0.717) is 25.9 Å². The maximum absolute atomic E-state index is 11.2. The van der Waals surface area contributed by atoms with E-state index in [1.807, 2.05) is 31.2 Å². The summed E-state index contributed by atoms with van der Waals surface area (Å²) in [6.45, 7) is 3.20. The highest BCUT2D eigenvalue weighted by Gasteiger charge is 2.29. The van der Waals surface area contributed by atoms with Gasteiger partial charge in [0.15, 0.2) is 0 Å². The first-order valence-corrected chi connectivity index (χ1v) is 6.38. The third-order valence-electron chi connectivity index (χ3n) is 3.54. The lowest BCUT2D eigenvalue weighted by Crippen LogP contribution is -2.38. The first kappa shape index (κ1) is 12.9. The van der Waals surface area contributed by atoms with E-state index in [1.165, 1.54) is 0 Å². The second kappa shape index (κ2) is 5.40. The van der Waals surface area contributed by atoms with Gasteiger partial charge in [0.1, 0.15) is 0 Å². The lowest BCUT2D eigenvalue weighted by atomic mass is 9.90. The minimum atomic E-state index is -0.766. The molecule has 1 aliphatic rings. The van der Waals surface area contributed by atoms with Gasteiger partial charge >= 0.3 is 5.97 Å². The summed E-state index contributed by atoms with van der Waals surface area (Å²) in [5, 5.41) is 19.0. The molecule has 1 aromatic rings. The summed E-state index contributed by atoms with van der Waals surface area (Å²) in [7, 11) is 0. The molecule has 0 aliphatic carbocycles. The Morgan fingerprint density at radius 2 is 2.22 bits per heavy atom. The van der Waals surface area contributed by atoms with E-state index in [-0.39, 0.29) is 6.10 Å². The Bertz CT molecular complexity index is 433. The molecule has 2 rings (SSSR count). The van der Waals surface area contributed by atoms with Crippen molar-refractivity contribution in [2.75, 3.05) is 18.0 Å². The maximum atomic E-state index is 11.2. The van der Waals surface area contributed by atoms with E-state index < -0.39 is 11.9 Å². The predicted molar refractivity (Wildman–Crippen MR) is 69.9 cm³/mol. The molecule has 4 heteroatoms. The summed E-state index contributed by atoms with van der Waals surface area (Å²) in [6.07, 6.45) is 0.948. The number of carboxylic acids is 1. The fourth-order valence-electron chi connectivity index (χ4n) is 2.46. The van der Waals surface area contributed by atoms with Crippen molar-refractivity contribution in [3.8, 4) is 0 Å². The lowest BCUT2D eigenvalue weighted by Gasteiger charge is -2.35. The third kappa shape index (κ3) is 2.48. The number of para-hydroxylation sites is 1. The number of benzene rings is 1. The molecule has 0 saturated heterocycles. The van der Waals surface area contributed by atoms with Gasteiger partial charge in [-0.05, 0) is 24.5 Å². The van der Waals surface area contributed by atoms with Crippen LogP contribution >= 0.6 is 0 Å². The molecular weight excluding hydrogens is 230 g/mol. The molecule has 98 valence electrons. The Hall–Kier alpha value is -1.55. The fraction of sp³-hybridized carbons (Fsp3) is 0.500. The fourth-order valence-corrected chi connectivity index (χ4v) is 2.46. The van der Waals surface area contributed by atoms with Gasteiger partial charge < -0.3 is 15.1 Å². The van der Waals surface area contributed by atoms with Crippen LogP contribution in [0.1, 0.15) is 31.2 Å². The minimum Gasteiger partial charge on any atom is -0.481 e. The Balaban J connectivity index is 2.27. The molecule has 2 atom stereocenters. The van der Waals surface area contributed by atoms with Gasteiger partial charge in [0, 0.05) is 18.8 Å². The maximum Gasteiger partial charge on any atom is 0.311 e. The number of aliphatic hydroxyl groups is 1. The largest absolute Gasteiger partial charge is 0.481 e. The van der Waals surface area contributed by atoms with E-state index in [4.69, 9.17) is 0 Å². The van der Waals surface area contributed by atoms with Crippen molar-refractivity contribution in [1.82, 2.24) is 0 Å². The molecule has 0 saturated carbocycles. The molecular formula is C14H19NO3. The van der Waals surface area contributed by atoms with Gasteiger partial charge in [0.05, 0.1) is 12.0 Å². The van der Waals surface area contributed by atoms with Gasteiger partial charge in [-0.2, -0.15) is 0 Å². The predicted octanol–water partition coefficient (Wildman–Crippen LogP) is 1.84. The van der Waals surface area contributed by atoms with Crippen LogP contribution in [0.3, 0.4) is 0 Å². The van der Waals surface area contributed by atoms with Crippen molar-refractivity contribution < 1.29 is 15.0 Å². The molecule has 0 bridgehead atoms. The van der Waals surface area contributed by atoms with Gasteiger partial charge in [0.25, 0.3) is 0 Å². The summed E-state index contributed by atoms with van der Waals surface area (Å²) in [6, 6.07) is 7.59. The van der Waals surface area contributed by atoms with Gasteiger partial charge in [-0.25, -0.2) is 0 Å². The highest BCUT2D eigenvalue weighted by molar-refractivity contribution is 5.80. The van der Waals surface area contributed by atoms with Crippen LogP contribution in [0.5, 0.6) is 0 Å². The van der Waals surface area contributed by atoms with E-state index in [0.717, 1.165) is 11.3 Å². The number of fused-ring (bicyclic) bond motifs is 1. The van der Waals surface area contributed by atoms with Gasteiger partial charge in [0.2, 0.25) is 0 Å². The summed E-state index contributed by atoms with van der Waals surface area (Å²) >= 11 is 0. The smallest absolute Gasteiger partial charge is 0.311 e. The zero-order chi connectivity index (χ0) is 13.1. The molecule has 0 amide bonds. The topological polar surface area (TPSA) is 60.8 Å². The summed E-state index contributed by atoms with van der Waals surface area (Å²) in [5.41, 5.74) is 1.81. The van der Waals surface area contributed by atoms with Crippen LogP contribution in [-0.2, 0) is 4.79 Å². The number of carboxylic acid groups (broad SMARTS) is 1. The van der Waals surface area contributed by atoms with E-state index >= 15 is 0 Å². The van der Waals surface area contributed by atoms with Crippen LogP contribution in [0, 0.1) is 0 Å². The van der Waals surface area contributed by atoms with Crippen molar-refractivity contribution in [3.63, 3.8) is 0 Å². The van der Waals surface area contributed by atoms with Crippen LogP contribution in [0.2, 0.25) is 0 Å². The van der Waals surface area contributed by atoms with Crippen LogP contribution in [-0.4, -0.2) is 35.4 Å². The number of hydrogen-bond donors (Lipinski definition) is 2.